The lowest BCUT2D eigenvalue weighted by molar-refractivity contribution is -0.938. The summed E-state index contributed by atoms with van der Waals surface area (Å²) in [5.74, 6) is -1.86. The number of fused-ring (bicyclic) bond motifs is 13. The predicted molar refractivity (Wildman–Crippen MR) is 423 cm³/mol. The normalized spacial score (nSPS) is 28.4. The SMILES string of the molecule is CC(C(=O)OC1C[C@@H]2C3OC3[C@H](C1)[N+]2(C)C)(c1ccccc1)c1ccccc1.CC(C)C(=O)OCC(=O)[C@@]12O[C@H](C3CCCCC3)O[C@@H]1C[C@H]1[C@@H]3CCC4=CC(=O)C=C[C@]4(C)[C@H]3[C@@H](O)C[C@@]12C.O=C(O)c1ccc2ccccc2c1O.OCc1cc(C(O)CNCCCCCCOCCCCc2ccccc2)ccc1O.[Cl-]. The highest BCUT2D eigenvalue weighted by Gasteiger charge is 2.77. The molecule has 6 aromatic rings. The zero-order valence-electron chi connectivity index (χ0n) is 66.1. The topological polar surface area (TPSA) is 277 Å². The largest absolute Gasteiger partial charge is 1.00 e. The highest BCUT2D eigenvalue weighted by molar-refractivity contribution is 6.01. The molecule has 15 atom stereocenters. The smallest absolute Gasteiger partial charge is 0.339 e. The number of piperidine rings is 1. The minimum absolute atomic E-state index is 0. The Kier molecular flexibility index (Phi) is 28.4. The highest BCUT2D eigenvalue weighted by atomic mass is 35.5. The molecule has 19 nitrogen and oxygen atoms in total. The number of Topliss-reactive ketones (excluding diaryl/α,β-unsaturated/α-hetero) is 1. The number of hydrogen-bond acceptors (Lipinski definition) is 17. The first-order chi connectivity index (χ1) is 53.3. The number of aromatic hydroxyl groups is 2. The summed E-state index contributed by atoms with van der Waals surface area (Å²) in [6.45, 7) is 12.2. The van der Waals surface area contributed by atoms with Crippen LogP contribution in [0.1, 0.15) is 188 Å². The molecule has 20 heteroatoms. The van der Waals surface area contributed by atoms with Gasteiger partial charge in [-0.3, -0.25) is 19.2 Å². The van der Waals surface area contributed by atoms with E-state index < -0.39 is 53.0 Å². The van der Waals surface area contributed by atoms with Gasteiger partial charge in [0.1, 0.15) is 52.9 Å². The van der Waals surface area contributed by atoms with Crippen molar-refractivity contribution in [3.8, 4) is 11.5 Å². The Balaban J connectivity index is 0.000000154. The van der Waals surface area contributed by atoms with Gasteiger partial charge < -0.3 is 81.3 Å². The lowest BCUT2D eigenvalue weighted by Crippen LogP contribution is -3.00. The van der Waals surface area contributed by atoms with Crippen molar-refractivity contribution in [3.05, 3.63) is 203 Å². The number of epoxide rings is 1. The molecule has 0 radical (unpaired) electrons. The molecule has 4 unspecified atom stereocenters. The summed E-state index contributed by atoms with van der Waals surface area (Å²) in [7, 11) is 4.59. The molecule has 0 amide bonds. The number of esters is 2. The molecule has 604 valence electrons. The molecule has 4 heterocycles. The molecule has 9 aliphatic rings. The number of morpholine rings is 1. The van der Waals surface area contributed by atoms with Gasteiger partial charge in [-0.1, -0.05) is 199 Å². The van der Waals surface area contributed by atoms with Crippen LogP contribution in [0.15, 0.2) is 169 Å². The zero-order chi connectivity index (χ0) is 78.8. The van der Waals surface area contributed by atoms with Gasteiger partial charge in [0.05, 0.1) is 44.9 Å². The summed E-state index contributed by atoms with van der Waals surface area (Å²) in [6, 6.07) is 46.4. The molecule has 8 fully saturated rings. The Labute approximate surface area is 666 Å². The third kappa shape index (κ3) is 18.2. The summed E-state index contributed by atoms with van der Waals surface area (Å²) < 4.78 is 37.8. The van der Waals surface area contributed by atoms with Crippen LogP contribution in [0.3, 0.4) is 0 Å². The number of aliphatic hydroxyl groups is 3. The molecule has 4 saturated heterocycles. The molecule has 0 spiro atoms. The van der Waals surface area contributed by atoms with Gasteiger partial charge in [0.2, 0.25) is 5.78 Å². The number of carbonyl (C=O) groups is 5. The first-order valence-electron chi connectivity index (χ1n) is 40.7. The van der Waals surface area contributed by atoms with Gasteiger partial charge in [-0.2, -0.15) is 0 Å². The van der Waals surface area contributed by atoms with Crippen LogP contribution in [-0.2, 0) is 66.0 Å². The number of allylic oxidation sites excluding steroid dienone is 4. The van der Waals surface area contributed by atoms with E-state index in [1.54, 1.807) is 56.3 Å². The maximum Gasteiger partial charge on any atom is 0.339 e. The fourth-order valence-corrected chi connectivity index (χ4v) is 19.9. The number of carboxylic acid groups (broad SMARTS) is 1. The van der Waals surface area contributed by atoms with E-state index in [9.17, 15) is 49.5 Å². The molecule has 0 aromatic heterocycles. The van der Waals surface area contributed by atoms with Crippen LogP contribution in [0.4, 0.5) is 0 Å². The fourth-order valence-electron chi connectivity index (χ4n) is 19.9. The average molecular weight is 1560 g/mol. The maximum absolute atomic E-state index is 14.2. The van der Waals surface area contributed by atoms with E-state index in [4.69, 9.17) is 33.5 Å². The monoisotopic (exact) mass is 1560 g/mol. The standard InChI is InChI=1S/C32H44O7.C25H37NO4.C24H28NO3.C11H8O3.ClH/c1-18(2)28(36)37-17-25(35)32-26(38-29(39-32)19-8-6-5-7-9-19)15-23-22-11-10-20-14-21(33)12-13-30(20,3)27(22)24(34)16-31(23,32)4;27-20-23-18-22(13-14-24(23)28)25(29)19-26-15-7-1-2-8-16-30-17-9-6-12-21-10-4-3-5-11-21;1-24(16-10-6-4-7-11-16,17-12-8-5-9-13-17)23(26)27-18-14-19-21-22(28-21)20(15-18)25(19,2)3;12-10-8-4-2-1-3-7(8)5-6-9(10)11(13)14;/h12-14,18-19,22-24,26-27,29,34H,5-11,15-17H2,1-4H3;3-5,10-11,13-14,18,25-29H,1-2,6-9,12,15-17,19-20H2;4-13,18-22H,14-15H2,1-3H3;1-6,12H,(H,13,14);1H/q;;+1;;/p-1/t22-,23-,24-,26+,27+,29+,30-,31-,32+;;18?,19-,20+,21?,22?;;/m0..../s1. The number of carbonyl (C=O) groups excluding carboxylic acids is 4. The number of nitrogens with one attached hydrogen (secondary N) is 1. The second-order valence-electron chi connectivity index (χ2n) is 33.8. The number of rotatable bonds is 26. The average Bonchev–Trinajstić information content (AvgIpc) is 1.66. The number of ketones is 2. The number of aryl methyl sites for hydroxylation is 1. The van der Waals surface area contributed by atoms with Crippen molar-refractivity contribution in [2.45, 2.75) is 223 Å². The van der Waals surface area contributed by atoms with Crippen LogP contribution in [-0.4, -0.2) is 166 Å². The van der Waals surface area contributed by atoms with E-state index in [0.29, 0.717) is 60.2 Å². The van der Waals surface area contributed by atoms with Gasteiger partial charge in [-0.15, -0.1) is 0 Å². The minimum atomic E-state index is -1.25. The van der Waals surface area contributed by atoms with E-state index in [1.807, 2.05) is 85.8 Å². The summed E-state index contributed by atoms with van der Waals surface area (Å²) >= 11 is 0. The molecular formula is C92H117ClN2O17. The number of likely N-dealkylation sites (N-methyl/N-ethyl adjacent to an activating group) is 1. The highest BCUT2D eigenvalue weighted by Crippen LogP contribution is 2.70. The molecule has 2 bridgehead atoms. The summed E-state index contributed by atoms with van der Waals surface area (Å²) in [4.78, 5) is 63.0. The van der Waals surface area contributed by atoms with Crippen molar-refractivity contribution in [1.29, 1.82) is 0 Å². The molecule has 112 heavy (non-hydrogen) atoms. The molecule has 7 N–H and O–H groups in total. The molecule has 15 rings (SSSR count). The second-order valence-corrected chi connectivity index (χ2v) is 33.8. The van der Waals surface area contributed by atoms with E-state index in [2.05, 4.69) is 63.6 Å². The number of quaternary nitrogens is 1. The van der Waals surface area contributed by atoms with Crippen LogP contribution in [0.25, 0.3) is 10.8 Å². The zero-order valence-corrected chi connectivity index (χ0v) is 66.9. The number of halogens is 1. The third-order valence-electron chi connectivity index (χ3n) is 26.3. The van der Waals surface area contributed by atoms with Crippen molar-refractivity contribution < 1.29 is 99.9 Å². The molecule has 6 aromatic carbocycles. The van der Waals surface area contributed by atoms with E-state index in [-0.39, 0.29) is 101 Å². The Morgan fingerprint density at radius 1 is 0.750 bits per heavy atom. The Hall–Kier alpha value is -7.66. The van der Waals surface area contributed by atoms with E-state index in [1.165, 1.54) is 30.5 Å². The van der Waals surface area contributed by atoms with Crippen molar-refractivity contribution in [2.75, 3.05) is 47.0 Å². The number of nitrogens with zero attached hydrogens (tertiary/aromatic N) is 1. The van der Waals surface area contributed by atoms with Gasteiger partial charge in [-0.05, 0) is 154 Å². The number of phenols is 2. The van der Waals surface area contributed by atoms with E-state index >= 15 is 0 Å². The molecular weight excluding hydrogens is 1440 g/mol. The quantitative estimate of drug-likeness (QED) is 0.0115. The van der Waals surface area contributed by atoms with Crippen molar-refractivity contribution in [2.24, 2.45) is 40.4 Å². The molecule has 5 aliphatic carbocycles. The summed E-state index contributed by atoms with van der Waals surface area (Å²) in [5.41, 5.74) is 2.39. The van der Waals surface area contributed by atoms with Crippen LogP contribution >= 0.6 is 0 Å². The van der Waals surface area contributed by atoms with Gasteiger partial charge in [0.15, 0.2) is 24.3 Å². The number of carboxylic acids is 1. The van der Waals surface area contributed by atoms with Gasteiger partial charge in [0.25, 0.3) is 0 Å². The Bertz CT molecular complexity index is 4180. The Morgan fingerprint density at radius 2 is 1.38 bits per heavy atom. The Morgan fingerprint density at radius 3 is 2.04 bits per heavy atom. The van der Waals surface area contributed by atoms with Crippen LogP contribution in [0.5, 0.6) is 11.5 Å². The van der Waals surface area contributed by atoms with Crippen LogP contribution in [0, 0.1) is 40.4 Å². The second kappa shape index (κ2) is 37.3. The number of aromatic carboxylic acids is 1. The van der Waals surface area contributed by atoms with Gasteiger partial charge in [-0.25, -0.2) is 4.79 Å². The number of benzene rings is 6. The lowest BCUT2D eigenvalue weighted by Gasteiger charge is -2.59. The first kappa shape index (κ1) is 85.2. The maximum atomic E-state index is 14.2. The predicted octanol–water partition coefficient (Wildman–Crippen LogP) is 11.4. The number of hydrogen-bond donors (Lipinski definition) is 7. The fraction of sp³-hybridized carbons (Fsp3) is 0.533. The number of unbranched alkanes of at least 4 members (excludes halogenated alkanes) is 4. The van der Waals surface area contributed by atoms with Crippen LogP contribution < -0.4 is 17.7 Å². The third-order valence-corrected chi connectivity index (χ3v) is 26.3. The first-order valence-corrected chi connectivity index (χ1v) is 40.7. The lowest BCUT2D eigenvalue weighted by atomic mass is 9.46. The van der Waals surface area contributed by atoms with Gasteiger partial charge in [0, 0.05) is 66.2 Å². The van der Waals surface area contributed by atoms with Crippen molar-refractivity contribution >= 4 is 40.2 Å². The number of aliphatic hydroxyl groups excluding tert-OH is 3. The van der Waals surface area contributed by atoms with Crippen molar-refractivity contribution in [1.82, 2.24) is 5.32 Å². The van der Waals surface area contributed by atoms with Crippen LogP contribution in [0.2, 0.25) is 0 Å². The van der Waals surface area contributed by atoms with E-state index in [0.717, 1.165) is 136 Å². The van der Waals surface area contributed by atoms with Crippen molar-refractivity contribution in [3.63, 3.8) is 0 Å². The van der Waals surface area contributed by atoms with Gasteiger partial charge >= 0.3 is 17.9 Å². The molecule has 4 aliphatic heterocycles. The number of ether oxygens (including phenoxy) is 6. The molecule has 4 saturated carbocycles. The summed E-state index contributed by atoms with van der Waals surface area (Å²) in [6.07, 6.45) is 21.9. The minimum Gasteiger partial charge on any atom is -1.00 e. The summed E-state index contributed by atoms with van der Waals surface area (Å²) in [5, 5.41) is 63.9.